The lowest BCUT2D eigenvalue weighted by atomic mass is 10.2. The van der Waals surface area contributed by atoms with Crippen LogP contribution in [0, 0.1) is 0 Å². The fourth-order valence-corrected chi connectivity index (χ4v) is 2.82. The molecule has 4 N–H and O–H groups in total. The summed E-state index contributed by atoms with van der Waals surface area (Å²) < 4.78 is 0. The van der Waals surface area contributed by atoms with Crippen LogP contribution in [0.3, 0.4) is 0 Å². The van der Waals surface area contributed by atoms with Crippen molar-refractivity contribution in [3.63, 3.8) is 0 Å². The van der Waals surface area contributed by atoms with E-state index in [1.54, 1.807) is 30.3 Å². The Balaban J connectivity index is 1.81. The van der Waals surface area contributed by atoms with E-state index >= 15 is 0 Å². The SMILES string of the molecule is CCCCCC(=O)Nc1cccc(NCC(=O)Nc2ccc(C(=O)NCC)cc2)c1. The molecule has 30 heavy (non-hydrogen) atoms. The summed E-state index contributed by atoms with van der Waals surface area (Å²) in [4.78, 5) is 35.9. The molecule has 2 aromatic carbocycles. The van der Waals surface area contributed by atoms with E-state index in [-0.39, 0.29) is 24.3 Å². The largest absolute Gasteiger partial charge is 0.376 e. The van der Waals surface area contributed by atoms with Gasteiger partial charge in [0.1, 0.15) is 0 Å². The van der Waals surface area contributed by atoms with E-state index in [0.717, 1.165) is 24.9 Å². The molecule has 0 atom stereocenters. The van der Waals surface area contributed by atoms with E-state index in [4.69, 9.17) is 0 Å². The molecule has 0 unspecified atom stereocenters. The zero-order chi connectivity index (χ0) is 21.8. The van der Waals surface area contributed by atoms with Gasteiger partial charge in [0, 0.05) is 35.6 Å². The summed E-state index contributed by atoms with van der Waals surface area (Å²) in [5, 5.41) is 11.4. The van der Waals surface area contributed by atoms with Gasteiger partial charge in [-0.25, -0.2) is 0 Å². The Morgan fingerprint density at radius 2 is 1.50 bits per heavy atom. The van der Waals surface area contributed by atoms with Crippen LogP contribution in [0.2, 0.25) is 0 Å². The average molecular weight is 411 g/mol. The fraction of sp³-hybridized carbons (Fsp3) is 0.348. The van der Waals surface area contributed by atoms with E-state index in [2.05, 4.69) is 28.2 Å². The monoisotopic (exact) mass is 410 g/mol. The maximum Gasteiger partial charge on any atom is 0.251 e. The summed E-state index contributed by atoms with van der Waals surface area (Å²) in [7, 11) is 0. The summed E-state index contributed by atoms with van der Waals surface area (Å²) in [5.74, 6) is -0.362. The van der Waals surface area contributed by atoms with Crippen LogP contribution in [-0.4, -0.2) is 30.8 Å². The Hall–Kier alpha value is -3.35. The van der Waals surface area contributed by atoms with Crippen LogP contribution in [0.15, 0.2) is 48.5 Å². The van der Waals surface area contributed by atoms with Crippen LogP contribution in [0.1, 0.15) is 49.9 Å². The maximum absolute atomic E-state index is 12.2. The number of anilines is 3. The molecule has 0 aliphatic heterocycles. The number of nitrogens with one attached hydrogen (secondary N) is 4. The van der Waals surface area contributed by atoms with Gasteiger partial charge in [-0.1, -0.05) is 25.8 Å². The molecule has 0 aliphatic carbocycles. The molecule has 3 amide bonds. The maximum atomic E-state index is 12.2. The van der Waals surface area contributed by atoms with Gasteiger partial charge >= 0.3 is 0 Å². The van der Waals surface area contributed by atoms with Gasteiger partial charge in [0.25, 0.3) is 5.91 Å². The number of unbranched alkanes of at least 4 members (excludes halogenated alkanes) is 2. The van der Waals surface area contributed by atoms with E-state index in [9.17, 15) is 14.4 Å². The first-order chi connectivity index (χ1) is 14.5. The van der Waals surface area contributed by atoms with Crippen LogP contribution in [-0.2, 0) is 9.59 Å². The molecular formula is C23H30N4O3. The first-order valence-corrected chi connectivity index (χ1v) is 10.3. The molecule has 7 heteroatoms. The highest BCUT2D eigenvalue weighted by molar-refractivity contribution is 5.97. The van der Waals surface area contributed by atoms with Gasteiger partial charge in [-0.15, -0.1) is 0 Å². The molecular weight excluding hydrogens is 380 g/mol. The normalized spacial score (nSPS) is 10.2. The zero-order valence-electron chi connectivity index (χ0n) is 17.6. The van der Waals surface area contributed by atoms with E-state index in [1.807, 2.05) is 25.1 Å². The van der Waals surface area contributed by atoms with Gasteiger partial charge in [0.15, 0.2) is 0 Å². The van der Waals surface area contributed by atoms with Gasteiger partial charge in [0.2, 0.25) is 11.8 Å². The first-order valence-electron chi connectivity index (χ1n) is 10.3. The van der Waals surface area contributed by atoms with Crippen molar-refractivity contribution >= 4 is 34.8 Å². The molecule has 0 fully saturated rings. The summed E-state index contributed by atoms with van der Waals surface area (Å²) in [6.07, 6.45) is 3.50. The van der Waals surface area contributed by atoms with Crippen molar-refractivity contribution in [1.29, 1.82) is 0 Å². The smallest absolute Gasteiger partial charge is 0.251 e. The van der Waals surface area contributed by atoms with Crippen LogP contribution in [0.4, 0.5) is 17.1 Å². The Labute approximate surface area is 177 Å². The molecule has 0 aliphatic rings. The van der Waals surface area contributed by atoms with Crippen LogP contribution < -0.4 is 21.3 Å². The van der Waals surface area contributed by atoms with Gasteiger partial charge in [-0.3, -0.25) is 14.4 Å². The molecule has 0 saturated carbocycles. The predicted molar refractivity (Wildman–Crippen MR) is 121 cm³/mol. The molecule has 7 nitrogen and oxygen atoms in total. The minimum atomic E-state index is -0.213. The molecule has 2 rings (SSSR count). The molecule has 0 radical (unpaired) electrons. The van der Waals surface area contributed by atoms with Crippen molar-refractivity contribution in [2.75, 3.05) is 29.0 Å². The van der Waals surface area contributed by atoms with Crippen molar-refractivity contribution < 1.29 is 14.4 Å². The van der Waals surface area contributed by atoms with Crippen LogP contribution in [0.25, 0.3) is 0 Å². The highest BCUT2D eigenvalue weighted by Crippen LogP contribution is 2.16. The predicted octanol–water partition coefficient (Wildman–Crippen LogP) is 4.01. The second kappa shape index (κ2) is 12.3. The highest BCUT2D eigenvalue weighted by Gasteiger charge is 2.07. The highest BCUT2D eigenvalue weighted by atomic mass is 16.2. The van der Waals surface area contributed by atoms with Crippen LogP contribution in [0.5, 0.6) is 0 Å². The Bertz CT molecular complexity index is 850. The van der Waals surface area contributed by atoms with Gasteiger partial charge in [-0.2, -0.15) is 0 Å². The third kappa shape index (κ3) is 7.95. The standard InChI is InChI=1S/C23H30N4O3/c1-3-5-6-10-21(28)27-20-9-7-8-19(15-20)25-16-22(29)26-18-13-11-17(12-14-18)23(30)24-4-2/h7-9,11-15,25H,3-6,10,16H2,1-2H3,(H,24,30)(H,26,29)(H,27,28). The van der Waals surface area contributed by atoms with Crippen molar-refractivity contribution in [2.24, 2.45) is 0 Å². The van der Waals surface area contributed by atoms with Crippen LogP contribution >= 0.6 is 0 Å². The minimum Gasteiger partial charge on any atom is -0.376 e. The molecule has 0 bridgehead atoms. The van der Waals surface area contributed by atoms with E-state index < -0.39 is 0 Å². The first kappa shape index (κ1) is 22.9. The van der Waals surface area contributed by atoms with Crippen molar-refractivity contribution in [1.82, 2.24) is 5.32 Å². The van der Waals surface area contributed by atoms with Crippen molar-refractivity contribution in [3.8, 4) is 0 Å². The third-order valence-corrected chi connectivity index (χ3v) is 4.37. The number of carbonyl (C=O) groups is 3. The quantitative estimate of drug-likeness (QED) is 0.421. The molecule has 0 spiro atoms. The lowest BCUT2D eigenvalue weighted by Crippen LogP contribution is -2.23. The molecule has 160 valence electrons. The molecule has 2 aromatic rings. The topological polar surface area (TPSA) is 99.3 Å². The number of carbonyl (C=O) groups excluding carboxylic acids is 3. The summed E-state index contributed by atoms with van der Waals surface area (Å²) in [5.41, 5.74) is 2.59. The third-order valence-electron chi connectivity index (χ3n) is 4.37. The summed E-state index contributed by atoms with van der Waals surface area (Å²) >= 11 is 0. The molecule has 0 aromatic heterocycles. The van der Waals surface area contributed by atoms with E-state index in [1.165, 1.54) is 0 Å². The summed E-state index contributed by atoms with van der Waals surface area (Å²) in [6, 6.07) is 14.0. The Morgan fingerprint density at radius 1 is 0.800 bits per heavy atom. The zero-order valence-corrected chi connectivity index (χ0v) is 17.6. The van der Waals surface area contributed by atoms with Gasteiger partial charge in [0.05, 0.1) is 6.54 Å². The lowest BCUT2D eigenvalue weighted by Gasteiger charge is -2.10. The molecule has 0 heterocycles. The van der Waals surface area contributed by atoms with Crippen molar-refractivity contribution in [2.45, 2.75) is 39.5 Å². The number of rotatable bonds is 11. The van der Waals surface area contributed by atoms with Crippen molar-refractivity contribution in [3.05, 3.63) is 54.1 Å². The minimum absolute atomic E-state index is 0.00518. The Kier molecular flexibility index (Phi) is 9.37. The lowest BCUT2D eigenvalue weighted by molar-refractivity contribution is -0.116. The number of benzene rings is 2. The van der Waals surface area contributed by atoms with E-state index in [0.29, 0.717) is 29.9 Å². The van der Waals surface area contributed by atoms with Gasteiger partial charge < -0.3 is 21.3 Å². The number of hydrogen-bond donors (Lipinski definition) is 4. The second-order valence-corrected chi connectivity index (χ2v) is 6.92. The number of hydrogen-bond acceptors (Lipinski definition) is 4. The summed E-state index contributed by atoms with van der Waals surface area (Å²) in [6.45, 7) is 4.60. The number of amides is 3. The fourth-order valence-electron chi connectivity index (χ4n) is 2.82. The second-order valence-electron chi connectivity index (χ2n) is 6.92. The molecule has 0 saturated heterocycles. The average Bonchev–Trinajstić information content (AvgIpc) is 2.73. The van der Waals surface area contributed by atoms with Gasteiger partial charge in [-0.05, 0) is 55.8 Å². The Morgan fingerprint density at radius 3 is 2.20 bits per heavy atom.